The van der Waals surface area contributed by atoms with Gasteiger partial charge in [0.2, 0.25) is 0 Å². The van der Waals surface area contributed by atoms with Crippen molar-refractivity contribution < 1.29 is 8.78 Å². The third-order valence-corrected chi connectivity index (χ3v) is 2.00. The van der Waals surface area contributed by atoms with Crippen LogP contribution in [0, 0.1) is 20.8 Å². The van der Waals surface area contributed by atoms with E-state index in [0.29, 0.717) is 5.56 Å². The van der Waals surface area contributed by atoms with E-state index in [9.17, 15) is 8.78 Å². The standard InChI is InChI=1S/C10H11F2/c1-7-5-4-6-9(8(7)2)10(3,11)12/h4-6H,3H2,1-2H3. The van der Waals surface area contributed by atoms with Crippen molar-refractivity contribution in [2.75, 3.05) is 0 Å². The first-order valence-electron chi connectivity index (χ1n) is 3.73. The minimum atomic E-state index is -2.98. The molecule has 0 aromatic heterocycles. The fraction of sp³-hybridized carbons (Fsp3) is 0.300. The molecule has 0 heterocycles. The van der Waals surface area contributed by atoms with Crippen LogP contribution in [0.1, 0.15) is 16.7 Å². The van der Waals surface area contributed by atoms with Gasteiger partial charge in [0.25, 0.3) is 5.92 Å². The van der Waals surface area contributed by atoms with Gasteiger partial charge in [-0.1, -0.05) is 18.2 Å². The van der Waals surface area contributed by atoms with Gasteiger partial charge in [-0.2, -0.15) is 0 Å². The molecule has 1 radical (unpaired) electrons. The van der Waals surface area contributed by atoms with E-state index in [1.807, 2.05) is 13.0 Å². The molecule has 1 aromatic carbocycles. The number of aryl methyl sites for hydroxylation is 1. The quantitative estimate of drug-likeness (QED) is 0.605. The molecule has 0 fully saturated rings. The first-order chi connectivity index (χ1) is 5.43. The van der Waals surface area contributed by atoms with Crippen LogP contribution in [0.2, 0.25) is 0 Å². The minimum Gasteiger partial charge on any atom is -0.201 e. The van der Waals surface area contributed by atoms with Crippen LogP contribution in [-0.4, -0.2) is 0 Å². The van der Waals surface area contributed by atoms with Gasteiger partial charge in [-0.25, -0.2) is 8.78 Å². The van der Waals surface area contributed by atoms with E-state index in [2.05, 4.69) is 6.92 Å². The average Bonchev–Trinajstić information content (AvgIpc) is 1.92. The third kappa shape index (κ3) is 1.63. The van der Waals surface area contributed by atoms with Crippen LogP contribution >= 0.6 is 0 Å². The maximum absolute atomic E-state index is 12.8. The Morgan fingerprint density at radius 1 is 1.25 bits per heavy atom. The van der Waals surface area contributed by atoms with Gasteiger partial charge in [0.05, 0.1) is 0 Å². The summed E-state index contributed by atoms with van der Waals surface area (Å²) in [6, 6.07) is 4.84. The SMILES string of the molecule is [CH2]C(F)(F)c1cccc(C)c1C. The number of hydrogen-bond acceptors (Lipinski definition) is 0. The van der Waals surface area contributed by atoms with Crippen molar-refractivity contribution in [1.29, 1.82) is 0 Å². The first kappa shape index (κ1) is 9.17. The Labute approximate surface area is 71.2 Å². The predicted molar refractivity (Wildman–Crippen MR) is 45.2 cm³/mol. The lowest BCUT2D eigenvalue weighted by Gasteiger charge is -2.14. The molecule has 65 valence electrons. The van der Waals surface area contributed by atoms with Crippen molar-refractivity contribution in [3.63, 3.8) is 0 Å². The van der Waals surface area contributed by atoms with Crippen molar-refractivity contribution in [1.82, 2.24) is 0 Å². The van der Waals surface area contributed by atoms with Crippen LogP contribution in [0.15, 0.2) is 18.2 Å². The zero-order valence-corrected chi connectivity index (χ0v) is 7.20. The number of alkyl halides is 2. The smallest absolute Gasteiger partial charge is 0.201 e. The van der Waals surface area contributed by atoms with Gasteiger partial charge < -0.3 is 0 Å². The van der Waals surface area contributed by atoms with Gasteiger partial charge in [-0.15, -0.1) is 0 Å². The van der Waals surface area contributed by atoms with E-state index in [0.717, 1.165) is 5.56 Å². The Kier molecular flexibility index (Phi) is 2.18. The molecule has 0 aliphatic carbocycles. The normalized spacial score (nSPS) is 11.8. The Hall–Kier alpha value is -0.920. The maximum atomic E-state index is 12.8. The molecule has 0 unspecified atom stereocenters. The molecule has 0 aliphatic heterocycles. The van der Waals surface area contributed by atoms with Crippen molar-refractivity contribution in [3.05, 3.63) is 41.8 Å². The van der Waals surface area contributed by atoms with Crippen LogP contribution in [0.25, 0.3) is 0 Å². The molecule has 0 atom stereocenters. The predicted octanol–water partition coefficient (Wildman–Crippen LogP) is 3.23. The zero-order chi connectivity index (χ0) is 9.35. The summed E-state index contributed by atoms with van der Waals surface area (Å²) in [6.45, 7) is 6.30. The lowest BCUT2D eigenvalue weighted by atomic mass is 9.99. The molecule has 0 bridgehead atoms. The zero-order valence-electron chi connectivity index (χ0n) is 7.20. The molecule has 0 saturated heterocycles. The van der Waals surface area contributed by atoms with Gasteiger partial charge in [-0.3, -0.25) is 0 Å². The summed E-state index contributed by atoms with van der Waals surface area (Å²) >= 11 is 0. The van der Waals surface area contributed by atoms with Crippen LogP contribution < -0.4 is 0 Å². The Balaban J connectivity index is 3.26. The summed E-state index contributed by atoms with van der Waals surface area (Å²) in [5.41, 5.74) is 1.51. The highest BCUT2D eigenvalue weighted by Gasteiger charge is 2.26. The molecule has 0 N–H and O–H groups in total. The number of halogens is 2. The van der Waals surface area contributed by atoms with E-state index in [-0.39, 0.29) is 5.56 Å². The third-order valence-electron chi connectivity index (χ3n) is 2.00. The molecule has 0 amide bonds. The summed E-state index contributed by atoms with van der Waals surface area (Å²) in [4.78, 5) is 0. The van der Waals surface area contributed by atoms with E-state index in [1.165, 1.54) is 6.07 Å². The fourth-order valence-electron chi connectivity index (χ4n) is 1.15. The molecule has 1 rings (SSSR count). The second-order valence-corrected chi connectivity index (χ2v) is 2.95. The lowest BCUT2D eigenvalue weighted by molar-refractivity contribution is 0.0479. The van der Waals surface area contributed by atoms with Gasteiger partial charge in [0.15, 0.2) is 0 Å². The number of rotatable bonds is 1. The number of benzene rings is 1. The fourth-order valence-corrected chi connectivity index (χ4v) is 1.15. The minimum absolute atomic E-state index is 0.0162. The van der Waals surface area contributed by atoms with Crippen LogP contribution in [0.3, 0.4) is 0 Å². The lowest BCUT2D eigenvalue weighted by Crippen LogP contribution is -2.10. The van der Waals surface area contributed by atoms with Crippen LogP contribution in [0.5, 0.6) is 0 Å². The molecule has 2 heteroatoms. The summed E-state index contributed by atoms with van der Waals surface area (Å²) < 4.78 is 25.6. The van der Waals surface area contributed by atoms with Crippen LogP contribution in [-0.2, 0) is 5.92 Å². The number of hydrogen-bond donors (Lipinski definition) is 0. The highest BCUT2D eigenvalue weighted by molar-refractivity contribution is 5.36. The molecule has 0 spiro atoms. The van der Waals surface area contributed by atoms with E-state index in [4.69, 9.17) is 0 Å². The Morgan fingerprint density at radius 2 is 1.83 bits per heavy atom. The molecular formula is C10H11F2. The average molecular weight is 169 g/mol. The van der Waals surface area contributed by atoms with Crippen molar-refractivity contribution in [2.45, 2.75) is 19.8 Å². The van der Waals surface area contributed by atoms with Gasteiger partial charge in [-0.05, 0) is 25.0 Å². The monoisotopic (exact) mass is 169 g/mol. The van der Waals surface area contributed by atoms with E-state index < -0.39 is 5.92 Å². The topological polar surface area (TPSA) is 0 Å². The van der Waals surface area contributed by atoms with Gasteiger partial charge in [0.1, 0.15) is 0 Å². The summed E-state index contributed by atoms with van der Waals surface area (Å²) in [5, 5.41) is 0. The Morgan fingerprint density at radius 3 is 2.25 bits per heavy atom. The van der Waals surface area contributed by atoms with Crippen molar-refractivity contribution in [3.8, 4) is 0 Å². The van der Waals surface area contributed by atoms with E-state index >= 15 is 0 Å². The largest absolute Gasteiger partial charge is 0.273 e. The van der Waals surface area contributed by atoms with Gasteiger partial charge in [0, 0.05) is 12.5 Å². The highest BCUT2D eigenvalue weighted by Crippen LogP contribution is 2.30. The van der Waals surface area contributed by atoms with Crippen LogP contribution in [0.4, 0.5) is 8.78 Å². The van der Waals surface area contributed by atoms with E-state index in [1.54, 1.807) is 13.0 Å². The van der Waals surface area contributed by atoms with Crippen molar-refractivity contribution >= 4 is 0 Å². The molecule has 12 heavy (non-hydrogen) atoms. The molecule has 0 aliphatic rings. The Bertz CT molecular complexity index is 284. The second-order valence-electron chi connectivity index (χ2n) is 2.95. The van der Waals surface area contributed by atoms with Crippen molar-refractivity contribution in [2.24, 2.45) is 0 Å². The summed E-state index contributed by atoms with van der Waals surface area (Å²) in [5.74, 6) is -2.98. The molecular weight excluding hydrogens is 158 g/mol. The summed E-state index contributed by atoms with van der Waals surface area (Å²) in [7, 11) is 0. The molecule has 0 saturated carbocycles. The highest BCUT2D eigenvalue weighted by atomic mass is 19.3. The maximum Gasteiger partial charge on any atom is 0.273 e. The summed E-state index contributed by atoms with van der Waals surface area (Å²) in [6.07, 6.45) is 0. The van der Waals surface area contributed by atoms with Gasteiger partial charge >= 0.3 is 0 Å². The molecule has 0 nitrogen and oxygen atoms in total. The first-order valence-corrected chi connectivity index (χ1v) is 3.73. The molecule has 1 aromatic rings. The second kappa shape index (κ2) is 2.85.